The number of thioether (sulfide) groups is 2. The minimum absolute atomic E-state index is 0.0348. The van der Waals surface area contributed by atoms with Crippen molar-refractivity contribution in [1.29, 1.82) is 0 Å². The van der Waals surface area contributed by atoms with Gasteiger partial charge in [0.1, 0.15) is 23.4 Å². The van der Waals surface area contributed by atoms with Crippen molar-refractivity contribution in [2.45, 2.75) is 87.4 Å². The molecule has 0 aromatic rings. The monoisotopic (exact) mass is 766 g/mol. The number of likely N-dealkylation sites (N-methyl/N-ethyl adjacent to an activating group) is 2. The molecule has 0 bridgehead atoms. The van der Waals surface area contributed by atoms with Crippen molar-refractivity contribution in [3.8, 4) is 0 Å². The van der Waals surface area contributed by atoms with Gasteiger partial charge < -0.3 is 50.7 Å². The van der Waals surface area contributed by atoms with E-state index in [4.69, 9.17) is 0 Å². The van der Waals surface area contributed by atoms with Crippen molar-refractivity contribution in [1.82, 2.24) is 30.2 Å². The van der Waals surface area contributed by atoms with Crippen LogP contribution in [-0.2, 0) is 28.8 Å². The van der Waals surface area contributed by atoms with E-state index in [0.29, 0.717) is 22.8 Å². The minimum Gasteiger partial charge on any atom is -0.481 e. The first-order valence-corrected chi connectivity index (χ1v) is 19.2. The largest absolute Gasteiger partial charge is 0.481 e. The van der Waals surface area contributed by atoms with Gasteiger partial charge in [0.25, 0.3) is 5.91 Å². The number of carbonyl (C=O) groups excluding carboxylic acids is 4. The van der Waals surface area contributed by atoms with Gasteiger partial charge in [0.15, 0.2) is 0 Å². The highest BCUT2D eigenvalue weighted by molar-refractivity contribution is 8.04. The molecule has 3 saturated heterocycles. The molecule has 5 aliphatic heterocycles. The molecule has 0 aromatic heterocycles. The predicted octanol–water partition coefficient (Wildman–Crippen LogP) is -0.616. The number of aliphatic hydroxyl groups excluding tert-OH is 2. The summed E-state index contributed by atoms with van der Waals surface area (Å²) >= 11 is 2.61. The molecule has 0 aromatic carbocycles. The zero-order chi connectivity index (χ0) is 38.7. The lowest BCUT2D eigenvalue weighted by molar-refractivity contribution is -0.162. The number of β-lactam (4-membered cyclic amide) rings is 1. The second kappa shape index (κ2) is 15.2. The first kappa shape index (κ1) is 39.9. The lowest BCUT2D eigenvalue weighted by atomic mass is 9.79. The third kappa shape index (κ3) is 7.03. The van der Waals surface area contributed by atoms with Crippen LogP contribution in [0.4, 0.5) is 0 Å². The first-order valence-electron chi connectivity index (χ1n) is 17.5. The quantitative estimate of drug-likeness (QED) is 0.137. The fourth-order valence-corrected chi connectivity index (χ4v) is 11.2. The van der Waals surface area contributed by atoms with Crippen LogP contribution < -0.4 is 10.6 Å². The van der Waals surface area contributed by atoms with E-state index in [2.05, 4.69) is 10.6 Å². The molecule has 4 amide bonds. The number of amides is 4. The highest BCUT2D eigenvalue weighted by atomic mass is 32.2. The molecule has 0 radical (unpaired) electrons. The number of likely N-dealkylation sites (tertiary alicyclic amines) is 1. The van der Waals surface area contributed by atoms with Crippen LogP contribution in [0.5, 0.6) is 0 Å². The normalized spacial score (nSPS) is 33.0. The summed E-state index contributed by atoms with van der Waals surface area (Å²) in [5.74, 6) is -6.80. The Balaban J connectivity index is 1.47. The third-order valence-corrected chi connectivity index (χ3v) is 13.9. The summed E-state index contributed by atoms with van der Waals surface area (Å²) in [6.07, 6.45) is -1.54. The lowest BCUT2D eigenvalue weighted by Crippen LogP contribution is -2.64. The molecule has 6 N–H and O–H groups in total. The van der Waals surface area contributed by atoms with Gasteiger partial charge in [-0.15, -0.1) is 23.5 Å². The van der Waals surface area contributed by atoms with Crippen molar-refractivity contribution < 1.29 is 49.2 Å². The Kier molecular flexibility index (Phi) is 11.7. The van der Waals surface area contributed by atoms with E-state index in [1.807, 2.05) is 6.92 Å². The molecule has 5 aliphatic rings. The summed E-state index contributed by atoms with van der Waals surface area (Å²) in [4.78, 5) is 86.0. The van der Waals surface area contributed by atoms with Gasteiger partial charge in [0, 0.05) is 79.5 Å². The van der Waals surface area contributed by atoms with Crippen LogP contribution in [0.15, 0.2) is 21.2 Å². The summed E-state index contributed by atoms with van der Waals surface area (Å²) in [6, 6.07) is -2.70. The second-order valence-corrected chi connectivity index (χ2v) is 17.6. The van der Waals surface area contributed by atoms with Crippen molar-refractivity contribution in [2.75, 3.05) is 41.3 Å². The predicted molar refractivity (Wildman–Crippen MR) is 192 cm³/mol. The van der Waals surface area contributed by atoms with E-state index in [1.54, 1.807) is 42.0 Å². The molecule has 16 nitrogen and oxygen atoms in total. The summed E-state index contributed by atoms with van der Waals surface area (Å²) in [5, 5.41) is 46.2. The fourth-order valence-electron chi connectivity index (χ4n) is 8.25. The zero-order valence-electron chi connectivity index (χ0n) is 30.6. The van der Waals surface area contributed by atoms with E-state index in [-0.39, 0.29) is 53.2 Å². The molecule has 3 fully saturated rings. The van der Waals surface area contributed by atoms with Crippen LogP contribution in [0, 0.1) is 23.7 Å². The molecule has 0 spiro atoms. The molecule has 0 aliphatic carbocycles. The molecular weight excluding hydrogens is 717 g/mol. The number of hydrogen-bond donors (Lipinski definition) is 6. The zero-order valence-corrected chi connectivity index (χ0v) is 32.2. The smallest absolute Gasteiger partial charge is 0.352 e. The minimum atomic E-state index is -1.30. The summed E-state index contributed by atoms with van der Waals surface area (Å²) < 4.78 is 0. The molecule has 5 heterocycles. The van der Waals surface area contributed by atoms with Crippen LogP contribution >= 0.6 is 23.5 Å². The average Bonchev–Trinajstić information content (AvgIpc) is 3.81. The first-order chi connectivity index (χ1) is 24.3. The van der Waals surface area contributed by atoms with Crippen LogP contribution in [0.2, 0.25) is 0 Å². The van der Waals surface area contributed by atoms with E-state index >= 15 is 0 Å². The molecule has 288 valence electrons. The topological polar surface area (TPSA) is 220 Å². The fraction of sp³-hybridized carbons (Fsp3) is 0.706. The molecule has 0 unspecified atom stereocenters. The Morgan fingerprint density at radius 1 is 0.885 bits per heavy atom. The van der Waals surface area contributed by atoms with Gasteiger partial charge >= 0.3 is 11.9 Å². The van der Waals surface area contributed by atoms with Gasteiger partial charge in [-0.05, 0) is 26.7 Å². The van der Waals surface area contributed by atoms with Crippen LogP contribution in [-0.4, -0.2) is 164 Å². The number of nitrogens with zero attached hydrogens (tertiary/aromatic N) is 4. The van der Waals surface area contributed by atoms with Crippen LogP contribution in [0.3, 0.4) is 0 Å². The number of carboxylic acid groups (broad SMARTS) is 2. The van der Waals surface area contributed by atoms with Crippen LogP contribution in [0.1, 0.15) is 40.5 Å². The van der Waals surface area contributed by atoms with Crippen molar-refractivity contribution in [3.63, 3.8) is 0 Å². The van der Waals surface area contributed by atoms with Gasteiger partial charge in [-0.1, -0.05) is 13.8 Å². The number of fused-ring (bicyclic) bond motifs is 1. The van der Waals surface area contributed by atoms with E-state index < -0.39 is 77.2 Å². The standard InChI is InChI=1S/C34H50N6O10S2/c1-13-23(21(15(3)41)33(47)48)36-24(34(49)50)27(13)52-18-10-20(30(44)38(7)8)39(12-18)32(46)26-28(14(2)25-22(16(4)42)31(45)40(25)26)51-17-9-19(35-11-17)29(43)37(5)6/h13-23,25,35-36,41-42H,9-12H2,1-8H3,(H,47,48)(H,49,50)/t13-,14-,15-,16-,17+,18+,19+,20+,21-,22-,23-,25-/m1/s1. The lowest BCUT2D eigenvalue weighted by Gasteiger charge is -2.47. The van der Waals surface area contributed by atoms with Crippen LogP contribution in [0.25, 0.3) is 0 Å². The summed E-state index contributed by atoms with van der Waals surface area (Å²) in [7, 11) is 6.52. The number of rotatable bonds is 12. The maximum Gasteiger partial charge on any atom is 0.352 e. The van der Waals surface area contributed by atoms with Gasteiger partial charge in [0.2, 0.25) is 17.7 Å². The van der Waals surface area contributed by atoms with Crippen molar-refractivity contribution in [3.05, 3.63) is 21.2 Å². The van der Waals surface area contributed by atoms with Gasteiger partial charge in [0.05, 0.1) is 30.2 Å². The van der Waals surface area contributed by atoms with Gasteiger partial charge in [-0.25, -0.2) is 4.79 Å². The number of hydrogen-bond acceptors (Lipinski definition) is 12. The maximum atomic E-state index is 14.8. The highest BCUT2D eigenvalue weighted by Crippen LogP contribution is 2.53. The van der Waals surface area contributed by atoms with Crippen molar-refractivity contribution in [2.24, 2.45) is 23.7 Å². The Bertz CT molecular complexity index is 1580. The number of carbonyl (C=O) groups is 6. The highest BCUT2D eigenvalue weighted by Gasteiger charge is 2.61. The molecule has 12 atom stereocenters. The number of nitrogens with one attached hydrogen (secondary N) is 2. The van der Waals surface area contributed by atoms with E-state index in [0.717, 1.165) is 0 Å². The van der Waals surface area contributed by atoms with Gasteiger partial charge in [-0.3, -0.25) is 24.0 Å². The molecule has 18 heteroatoms. The average molecular weight is 767 g/mol. The maximum absolute atomic E-state index is 14.8. The second-order valence-electron chi connectivity index (χ2n) is 14.9. The summed E-state index contributed by atoms with van der Waals surface area (Å²) in [6.45, 7) is 7.03. The number of aliphatic carboxylic acids is 2. The number of carboxylic acids is 2. The van der Waals surface area contributed by atoms with Crippen molar-refractivity contribution >= 4 is 59.1 Å². The SMILES string of the molecule is C[C@@H](O)[C@@H](C(=O)O)[C@@H]1NC(C(=O)O)=C(S[C@H]2C[C@@H](C(=O)N(C)C)N(C(=O)C3=C(S[C@@H]4CN[C@H](C(=O)N(C)C)C4)[C@H](C)[C@@H]4[C@@H]([C@@H](C)O)C(=O)N34)C2)[C@@H]1C. The van der Waals surface area contributed by atoms with E-state index in [1.165, 1.54) is 50.0 Å². The number of aliphatic hydroxyl groups is 2. The van der Waals surface area contributed by atoms with E-state index in [9.17, 15) is 49.2 Å². The Hall–Kier alpha value is -3.32. The molecular formula is C34H50N6O10S2. The van der Waals surface area contributed by atoms with Gasteiger partial charge in [-0.2, -0.15) is 0 Å². The molecule has 5 rings (SSSR count). The Morgan fingerprint density at radius 3 is 2.04 bits per heavy atom. The molecule has 52 heavy (non-hydrogen) atoms. The third-order valence-electron chi connectivity index (χ3n) is 10.9. The summed E-state index contributed by atoms with van der Waals surface area (Å²) in [5.41, 5.74) is -0.0216. The Morgan fingerprint density at radius 2 is 1.50 bits per heavy atom. The Labute approximate surface area is 311 Å². The molecule has 0 saturated carbocycles.